The number of hydrogen-bond acceptors (Lipinski definition) is 4. The van der Waals surface area contributed by atoms with E-state index < -0.39 is 11.7 Å². The molecule has 0 atom stereocenters. The highest BCUT2D eigenvalue weighted by molar-refractivity contribution is 6.04. The van der Waals surface area contributed by atoms with Crippen LogP contribution >= 0.6 is 0 Å². The predicted molar refractivity (Wildman–Crippen MR) is 102 cm³/mol. The van der Waals surface area contributed by atoms with Gasteiger partial charge in [0, 0.05) is 30.2 Å². The largest absolute Gasteiger partial charge is 0.416 e. The highest BCUT2D eigenvalue weighted by Crippen LogP contribution is 2.31. The van der Waals surface area contributed by atoms with Gasteiger partial charge in [-0.25, -0.2) is 0 Å². The van der Waals surface area contributed by atoms with E-state index in [1.165, 1.54) is 18.5 Å². The van der Waals surface area contributed by atoms with E-state index in [-0.39, 0.29) is 11.5 Å². The number of nitrogens with one attached hydrogen (secondary N) is 2. The molecule has 0 bridgehead atoms. The zero-order chi connectivity index (χ0) is 20.9. The van der Waals surface area contributed by atoms with E-state index in [4.69, 9.17) is 5.26 Å². The number of hydrogen-bond donors (Lipinski definition) is 2. The van der Waals surface area contributed by atoms with Crippen molar-refractivity contribution in [1.29, 1.82) is 5.26 Å². The summed E-state index contributed by atoms with van der Waals surface area (Å²) >= 11 is 0. The minimum atomic E-state index is -4.50. The number of halogens is 3. The fourth-order valence-electron chi connectivity index (χ4n) is 2.58. The average Bonchev–Trinajstić information content (AvgIpc) is 2.73. The van der Waals surface area contributed by atoms with Crippen LogP contribution < -0.4 is 10.6 Å². The molecule has 0 saturated carbocycles. The maximum Gasteiger partial charge on any atom is 0.416 e. The lowest BCUT2D eigenvalue weighted by atomic mass is 10.1. The highest BCUT2D eigenvalue weighted by Gasteiger charge is 2.31. The maximum atomic E-state index is 12.8. The second-order valence-corrected chi connectivity index (χ2v) is 6.11. The summed E-state index contributed by atoms with van der Waals surface area (Å²) < 4.78 is 38.3. The zero-order valence-electron chi connectivity index (χ0n) is 15.0. The van der Waals surface area contributed by atoms with Crippen LogP contribution in [0.4, 0.5) is 24.5 Å². The number of carbonyl (C=O) groups is 1. The summed E-state index contributed by atoms with van der Waals surface area (Å²) in [6.07, 6.45) is -1.44. The molecule has 29 heavy (non-hydrogen) atoms. The monoisotopic (exact) mass is 396 g/mol. The van der Waals surface area contributed by atoms with Crippen molar-refractivity contribution in [1.82, 2.24) is 4.98 Å². The van der Waals surface area contributed by atoms with Gasteiger partial charge in [-0.05, 0) is 48.0 Å². The van der Waals surface area contributed by atoms with Crippen LogP contribution in [0.5, 0.6) is 0 Å². The summed E-state index contributed by atoms with van der Waals surface area (Å²) in [6, 6.07) is 14.9. The van der Waals surface area contributed by atoms with E-state index >= 15 is 0 Å². The van der Waals surface area contributed by atoms with Gasteiger partial charge in [0.15, 0.2) is 0 Å². The van der Waals surface area contributed by atoms with Gasteiger partial charge in [-0.1, -0.05) is 12.1 Å². The fourth-order valence-corrected chi connectivity index (χ4v) is 2.58. The summed E-state index contributed by atoms with van der Waals surface area (Å²) in [5, 5.41) is 14.8. The van der Waals surface area contributed by atoms with Gasteiger partial charge in [0.1, 0.15) is 6.07 Å². The third-order valence-electron chi connectivity index (χ3n) is 4.10. The Hall–Kier alpha value is -3.86. The number of aromatic nitrogens is 1. The molecule has 0 aliphatic heterocycles. The molecular weight excluding hydrogens is 381 g/mol. The Kier molecular flexibility index (Phi) is 5.79. The number of alkyl halides is 3. The first-order chi connectivity index (χ1) is 13.9. The number of amides is 1. The summed E-state index contributed by atoms with van der Waals surface area (Å²) in [7, 11) is 0. The Morgan fingerprint density at radius 1 is 1.03 bits per heavy atom. The first-order valence-corrected chi connectivity index (χ1v) is 8.52. The molecule has 5 nitrogen and oxygen atoms in total. The van der Waals surface area contributed by atoms with Crippen molar-refractivity contribution < 1.29 is 18.0 Å². The quantitative estimate of drug-likeness (QED) is 0.647. The molecule has 1 heterocycles. The van der Waals surface area contributed by atoms with E-state index in [0.717, 1.165) is 17.7 Å². The summed E-state index contributed by atoms with van der Waals surface area (Å²) in [5.41, 5.74) is 1.28. The van der Waals surface area contributed by atoms with Gasteiger partial charge >= 0.3 is 6.18 Å². The molecule has 0 aliphatic rings. The molecule has 2 N–H and O–H groups in total. The number of benzene rings is 2. The van der Waals surface area contributed by atoms with Crippen LogP contribution in [0.2, 0.25) is 0 Å². The Morgan fingerprint density at radius 3 is 2.34 bits per heavy atom. The third-order valence-corrected chi connectivity index (χ3v) is 4.10. The van der Waals surface area contributed by atoms with Gasteiger partial charge in [0.25, 0.3) is 5.91 Å². The van der Waals surface area contributed by atoms with Crippen molar-refractivity contribution in [3.05, 3.63) is 89.2 Å². The number of rotatable bonds is 5. The van der Waals surface area contributed by atoms with Gasteiger partial charge in [0.05, 0.1) is 16.8 Å². The third kappa shape index (κ3) is 5.11. The molecule has 0 fully saturated rings. The Morgan fingerprint density at radius 2 is 1.72 bits per heavy atom. The Labute approximate surface area is 164 Å². The Bertz CT molecular complexity index is 1040. The lowest BCUT2D eigenvalue weighted by molar-refractivity contribution is -0.137. The van der Waals surface area contributed by atoms with Crippen LogP contribution in [0.1, 0.15) is 27.0 Å². The van der Waals surface area contributed by atoms with Crippen molar-refractivity contribution in [2.24, 2.45) is 0 Å². The molecule has 146 valence electrons. The molecule has 1 amide bonds. The number of anilines is 2. The fraction of sp³-hybridized carbons (Fsp3) is 0.0952. The van der Waals surface area contributed by atoms with E-state index in [0.29, 0.717) is 23.5 Å². The summed E-state index contributed by atoms with van der Waals surface area (Å²) in [6.45, 7) is 0.304. The van der Waals surface area contributed by atoms with Crippen molar-refractivity contribution in [2.75, 3.05) is 10.6 Å². The van der Waals surface area contributed by atoms with Crippen molar-refractivity contribution in [3.8, 4) is 6.07 Å². The van der Waals surface area contributed by atoms with Gasteiger partial charge in [-0.2, -0.15) is 18.4 Å². The first-order valence-electron chi connectivity index (χ1n) is 8.52. The van der Waals surface area contributed by atoms with Gasteiger partial charge in [-0.3, -0.25) is 9.78 Å². The number of nitriles is 1. The van der Waals surface area contributed by atoms with E-state index in [1.54, 1.807) is 42.5 Å². The molecule has 2 aromatic carbocycles. The highest BCUT2D eigenvalue weighted by atomic mass is 19.4. The van der Waals surface area contributed by atoms with Gasteiger partial charge in [0.2, 0.25) is 0 Å². The van der Waals surface area contributed by atoms with Crippen molar-refractivity contribution in [3.63, 3.8) is 0 Å². The molecule has 1 aromatic heterocycles. The first kappa shape index (κ1) is 19.9. The second kappa shape index (κ2) is 8.44. The van der Waals surface area contributed by atoms with E-state index in [2.05, 4.69) is 15.6 Å². The van der Waals surface area contributed by atoms with E-state index in [9.17, 15) is 18.0 Å². The molecule has 0 radical (unpaired) electrons. The van der Waals surface area contributed by atoms with Crippen LogP contribution in [-0.2, 0) is 12.7 Å². The van der Waals surface area contributed by atoms with Gasteiger partial charge < -0.3 is 10.6 Å². The number of carbonyl (C=O) groups excluding carboxylic acids is 1. The van der Waals surface area contributed by atoms with Crippen LogP contribution in [-0.4, -0.2) is 10.9 Å². The van der Waals surface area contributed by atoms with Crippen LogP contribution in [0.15, 0.2) is 67.0 Å². The molecule has 3 aromatic rings. The van der Waals surface area contributed by atoms with Crippen LogP contribution in [0.3, 0.4) is 0 Å². The molecule has 0 unspecified atom stereocenters. The molecule has 8 heteroatoms. The smallest absolute Gasteiger partial charge is 0.380 e. The zero-order valence-corrected chi connectivity index (χ0v) is 15.0. The van der Waals surface area contributed by atoms with E-state index in [1.807, 2.05) is 0 Å². The average molecular weight is 396 g/mol. The predicted octanol–water partition coefficient (Wildman–Crippen LogP) is 4.84. The maximum absolute atomic E-state index is 12.8. The molecule has 0 saturated heterocycles. The minimum Gasteiger partial charge on any atom is -0.380 e. The molecular formula is C21H15F3N4O. The molecule has 0 aliphatic carbocycles. The second-order valence-electron chi connectivity index (χ2n) is 6.11. The van der Waals surface area contributed by atoms with Crippen molar-refractivity contribution >= 4 is 17.3 Å². The standard InChI is InChI=1S/C21H15F3N4O/c22-21(23,24)17-3-6-19(16(11-17)12-25)27-13-14-1-4-18(5-2-14)28-20(29)15-7-9-26-10-8-15/h1-11,27H,13H2,(H,28,29). The molecule has 3 rings (SSSR count). The summed E-state index contributed by atoms with van der Waals surface area (Å²) in [4.78, 5) is 16.0. The normalized spacial score (nSPS) is 10.8. The van der Waals surface area contributed by atoms with Crippen LogP contribution in [0, 0.1) is 11.3 Å². The lowest BCUT2D eigenvalue weighted by Crippen LogP contribution is -2.11. The topological polar surface area (TPSA) is 77.8 Å². The SMILES string of the molecule is N#Cc1cc(C(F)(F)F)ccc1NCc1ccc(NC(=O)c2ccncc2)cc1. The lowest BCUT2D eigenvalue weighted by Gasteiger charge is -2.12. The van der Waals surface area contributed by atoms with Gasteiger partial charge in [-0.15, -0.1) is 0 Å². The molecule has 0 spiro atoms. The number of nitrogens with zero attached hydrogens (tertiary/aromatic N) is 2. The summed E-state index contributed by atoms with van der Waals surface area (Å²) in [5.74, 6) is -0.262. The van der Waals surface area contributed by atoms with Crippen LogP contribution in [0.25, 0.3) is 0 Å². The van der Waals surface area contributed by atoms with Crippen molar-refractivity contribution in [2.45, 2.75) is 12.7 Å². The minimum absolute atomic E-state index is 0.0824. The number of pyridine rings is 1. The Balaban J connectivity index is 1.63.